The van der Waals surface area contributed by atoms with Crippen LogP contribution >= 0.6 is 15.9 Å². The lowest BCUT2D eigenvalue weighted by atomic mass is 10.2. The van der Waals surface area contributed by atoms with Gasteiger partial charge in [-0.3, -0.25) is 15.1 Å². The summed E-state index contributed by atoms with van der Waals surface area (Å²) in [5.74, 6) is -0.511. The number of nitrogens with two attached hydrogens (primary N) is 1. The van der Waals surface area contributed by atoms with Gasteiger partial charge in [0.25, 0.3) is 0 Å². The highest BCUT2D eigenvalue weighted by Crippen LogP contribution is 2.24. The standard InChI is InChI=1S/C17H14BrFN6O2/c18-12-5-4-11(14(19)7-12)9-24(10-13-3-1-2-6-21-13)17-22-8-15(25(26)27)16(20)23-17/h1-8H,9-10H2,(H2,20,22,23). The molecule has 1 aromatic carbocycles. The van der Waals surface area contributed by atoms with Gasteiger partial charge in [-0.25, -0.2) is 9.37 Å². The van der Waals surface area contributed by atoms with Crippen LogP contribution in [0, 0.1) is 15.9 Å². The van der Waals surface area contributed by atoms with Crippen molar-refractivity contribution in [3.8, 4) is 0 Å². The maximum Gasteiger partial charge on any atom is 0.329 e. The second kappa shape index (κ2) is 8.04. The largest absolute Gasteiger partial charge is 0.378 e. The van der Waals surface area contributed by atoms with Gasteiger partial charge in [-0.2, -0.15) is 4.98 Å². The number of pyridine rings is 1. The number of anilines is 2. The molecular weight excluding hydrogens is 419 g/mol. The Labute approximate surface area is 162 Å². The molecule has 3 rings (SSSR count). The average Bonchev–Trinajstić information content (AvgIpc) is 2.63. The minimum absolute atomic E-state index is 0.132. The quantitative estimate of drug-likeness (QED) is 0.468. The maximum atomic E-state index is 14.3. The number of aromatic nitrogens is 3. The summed E-state index contributed by atoms with van der Waals surface area (Å²) in [6.45, 7) is 0.403. The van der Waals surface area contributed by atoms with Crippen molar-refractivity contribution in [1.29, 1.82) is 0 Å². The first-order valence-electron chi connectivity index (χ1n) is 7.79. The molecule has 27 heavy (non-hydrogen) atoms. The zero-order valence-corrected chi connectivity index (χ0v) is 15.5. The van der Waals surface area contributed by atoms with Gasteiger partial charge < -0.3 is 10.6 Å². The zero-order valence-electron chi connectivity index (χ0n) is 13.9. The molecule has 0 fully saturated rings. The van der Waals surface area contributed by atoms with Crippen molar-refractivity contribution in [3.63, 3.8) is 0 Å². The van der Waals surface area contributed by atoms with Crippen LogP contribution < -0.4 is 10.6 Å². The summed E-state index contributed by atoms with van der Waals surface area (Å²) >= 11 is 3.22. The van der Waals surface area contributed by atoms with E-state index in [1.807, 2.05) is 6.07 Å². The normalized spacial score (nSPS) is 10.6. The van der Waals surface area contributed by atoms with Crippen molar-refractivity contribution >= 4 is 33.4 Å². The topological polar surface area (TPSA) is 111 Å². The highest BCUT2D eigenvalue weighted by atomic mass is 79.9. The van der Waals surface area contributed by atoms with Crippen LogP contribution in [0.4, 0.5) is 21.8 Å². The summed E-state index contributed by atoms with van der Waals surface area (Å²) in [5.41, 5.74) is 6.41. The summed E-state index contributed by atoms with van der Waals surface area (Å²) in [6, 6.07) is 10.1. The predicted molar refractivity (Wildman–Crippen MR) is 101 cm³/mol. The first-order chi connectivity index (χ1) is 12.9. The number of halogens is 2. The fraction of sp³-hybridized carbons (Fsp3) is 0.118. The lowest BCUT2D eigenvalue weighted by Crippen LogP contribution is -2.25. The lowest BCUT2D eigenvalue weighted by molar-refractivity contribution is -0.384. The van der Waals surface area contributed by atoms with E-state index in [9.17, 15) is 14.5 Å². The molecule has 0 saturated carbocycles. The molecule has 2 N–H and O–H groups in total. The number of hydrogen-bond acceptors (Lipinski definition) is 7. The monoisotopic (exact) mass is 432 g/mol. The molecule has 2 aromatic heterocycles. The van der Waals surface area contributed by atoms with E-state index in [0.717, 1.165) is 6.20 Å². The fourth-order valence-corrected chi connectivity index (χ4v) is 2.75. The SMILES string of the molecule is Nc1nc(N(Cc2ccccn2)Cc2ccc(Br)cc2F)ncc1[N+](=O)[O-]. The Hall–Kier alpha value is -3.14. The number of nitro groups is 1. The molecule has 0 aliphatic carbocycles. The Kier molecular flexibility index (Phi) is 5.55. The molecule has 0 bridgehead atoms. The van der Waals surface area contributed by atoms with Crippen LogP contribution in [0.15, 0.2) is 53.3 Å². The number of rotatable bonds is 6. The molecule has 2 heterocycles. The van der Waals surface area contributed by atoms with Gasteiger partial charge in [0.1, 0.15) is 12.0 Å². The number of nitrogen functional groups attached to an aromatic ring is 1. The lowest BCUT2D eigenvalue weighted by Gasteiger charge is -2.22. The number of benzene rings is 1. The van der Waals surface area contributed by atoms with E-state index in [-0.39, 0.29) is 30.5 Å². The minimum atomic E-state index is -0.656. The molecule has 0 radical (unpaired) electrons. The molecule has 3 aromatic rings. The third-order valence-corrected chi connectivity index (χ3v) is 4.21. The van der Waals surface area contributed by atoms with E-state index >= 15 is 0 Å². The highest BCUT2D eigenvalue weighted by molar-refractivity contribution is 9.10. The van der Waals surface area contributed by atoms with Gasteiger partial charge in [0, 0.05) is 22.8 Å². The Balaban J connectivity index is 1.96. The second-order valence-corrected chi connectivity index (χ2v) is 6.53. The molecule has 0 amide bonds. The summed E-state index contributed by atoms with van der Waals surface area (Å²) in [7, 11) is 0. The summed E-state index contributed by atoms with van der Waals surface area (Å²) < 4.78 is 14.9. The van der Waals surface area contributed by atoms with Crippen LogP contribution in [-0.4, -0.2) is 19.9 Å². The van der Waals surface area contributed by atoms with E-state index in [1.165, 1.54) is 6.07 Å². The van der Waals surface area contributed by atoms with Crippen molar-refractivity contribution in [2.24, 2.45) is 0 Å². The van der Waals surface area contributed by atoms with Crippen LogP contribution in [-0.2, 0) is 13.1 Å². The van der Waals surface area contributed by atoms with Crippen LogP contribution in [0.1, 0.15) is 11.3 Å². The van der Waals surface area contributed by atoms with Crippen LogP contribution in [0.2, 0.25) is 0 Å². The van der Waals surface area contributed by atoms with Gasteiger partial charge in [0.05, 0.1) is 17.2 Å². The molecule has 0 aliphatic rings. The molecule has 138 valence electrons. The zero-order chi connectivity index (χ0) is 19.4. The first kappa shape index (κ1) is 18.6. The highest BCUT2D eigenvalue weighted by Gasteiger charge is 2.19. The Morgan fingerprint density at radius 3 is 2.67 bits per heavy atom. The molecule has 0 aliphatic heterocycles. The van der Waals surface area contributed by atoms with Crippen molar-refractivity contribution < 1.29 is 9.31 Å². The van der Waals surface area contributed by atoms with Gasteiger partial charge in [0.2, 0.25) is 11.8 Å². The fourth-order valence-electron chi connectivity index (χ4n) is 2.41. The minimum Gasteiger partial charge on any atom is -0.378 e. The summed E-state index contributed by atoms with van der Waals surface area (Å²) in [6.07, 6.45) is 2.68. The Morgan fingerprint density at radius 2 is 2.04 bits per heavy atom. The maximum absolute atomic E-state index is 14.3. The first-order valence-corrected chi connectivity index (χ1v) is 8.59. The van der Waals surface area contributed by atoms with E-state index in [1.54, 1.807) is 35.4 Å². The Bertz CT molecular complexity index is 973. The van der Waals surface area contributed by atoms with Gasteiger partial charge in [0.15, 0.2) is 0 Å². The third-order valence-electron chi connectivity index (χ3n) is 3.72. The molecule has 0 atom stereocenters. The van der Waals surface area contributed by atoms with Crippen LogP contribution in [0.5, 0.6) is 0 Å². The van der Waals surface area contributed by atoms with E-state index in [0.29, 0.717) is 15.7 Å². The third kappa shape index (κ3) is 4.53. The van der Waals surface area contributed by atoms with Gasteiger partial charge in [-0.1, -0.05) is 28.1 Å². The summed E-state index contributed by atoms with van der Waals surface area (Å²) in [5, 5.41) is 10.9. The van der Waals surface area contributed by atoms with Gasteiger partial charge in [-0.05, 0) is 24.3 Å². The summed E-state index contributed by atoms with van der Waals surface area (Å²) in [4.78, 5) is 24.2. The van der Waals surface area contributed by atoms with Crippen LogP contribution in [0.3, 0.4) is 0 Å². The smallest absolute Gasteiger partial charge is 0.329 e. The van der Waals surface area contributed by atoms with Crippen molar-refractivity contribution in [3.05, 3.63) is 80.5 Å². The number of nitrogens with zero attached hydrogens (tertiary/aromatic N) is 5. The molecular formula is C17H14BrFN6O2. The molecule has 8 nitrogen and oxygen atoms in total. The molecule has 10 heteroatoms. The van der Waals surface area contributed by atoms with E-state index in [2.05, 4.69) is 30.9 Å². The van der Waals surface area contributed by atoms with E-state index in [4.69, 9.17) is 5.73 Å². The molecule has 0 unspecified atom stereocenters. The van der Waals surface area contributed by atoms with Crippen LogP contribution in [0.25, 0.3) is 0 Å². The average molecular weight is 433 g/mol. The van der Waals surface area contributed by atoms with Crippen molar-refractivity contribution in [1.82, 2.24) is 15.0 Å². The Morgan fingerprint density at radius 1 is 1.22 bits per heavy atom. The van der Waals surface area contributed by atoms with E-state index < -0.39 is 10.7 Å². The second-order valence-electron chi connectivity index (χ2n) is 5.61. The van der Waals surface area contributed by atoms with Gasteiger partial charge >= 0.3 is 5.69 Å². The number of hydrogen-bond donors (Lipinski definition) is 1. The molecule has 0 saturated heterocycles. The predicted octanol–water partition coefficient (Wildman–Crippen LogP) is 3.47. The molecule has 0 spiro atoms. The van der Waals surface area contributed by atoms with Gasteiger partial charge in [-0.15, -0.1) is 0 Å². The van der Waals surface area contributed by atoms with Crippen molar-refractivity contribution in [2.75, 3.05) is 10.6 Å². The van der Waals surface area contributed by atoms with Crippen molar-refractivity contribution in [2.45, 2.75) is 13.1 Å².